The van der Waals surface area contributed by atoms with E-state index in [2.05, 4.69) is 18.8 Å². The van der Waals surface area contributed by atoms with E-state index in [0.717, 1.165) is 29.5 Å². The number of ketones is 1. The van der Waals surface area contributed by atoms with E-state index in [1.54, 1.807) is 0 Å². The summed E-state index contributed by atoms with van der Waals surface area (Å²) in [5.74, 6) is 6.63. The Hall–Kier alpha value is -2.37. The number of hydrogen-bond acceptors (Lipinski definition) is 2. The smallest absolute Gasteiger partial charge is 0.138 e. The molecule has 1 fully saturated rings. The van der Waals surface area contributed by atoms with Gasteiger partial charge < -0.3 is 5.11 Å². The quantitative estimate of drug-likeness (QED) is 0.846. The maximum atomic E-state index is 12.2. The zero-order valence-corrected chi connectivity index (χ0v) is 13.9. The summed E-state index contributed by atoms with van der Waals surface area (Å²) in [7, 11) is 0. The van der Waals surface area contributed by atoms with Crippen molar-refractivity contribution in [1.29, 1.82) is 0 Å². The number of carbonyl (C=O) groups is 1. The molecule has 0 aromatic heterocycles. The fourth-order valence-electron chi connectivity index (χ4n) is 3.31. The van der Waals surface area contributed by atoms with Crippen molar-refractivity contribution >= 4 is 5.78 Å². The highest BCUT2D eigenvalue weighted by Gasteiger charge is 2.33. The predicted molar refractivity (Wildman–Crippen MR) is 95.3 cm³/mol. The van der Waals surface area contributed by atoms with Gasteiger partial charge in [0.15, 0.2) is 0 Å². The number of carbonyl (C=O) groups excluding carboxylic acids is 1. The lowest BCUT2D eigenvalue weighted by molar-refractivity contribution is -0.129. The van der Waals surface area contributed by atoms with Gasteiger partial charge in [-0.1, -0.05) is 55.2 Å². The summed E-state index contributed by atoms with van der Waals surface area (Å²) in [5.41, 5.74) is 2.48. The molecule has 0 heterocycles. The molecule has 1 saturated carbocycles. The van der Waals surface area contributed by atoms with Crippen LogP contribution in [0.25, 0.3) is 0 Å². The summed E-state index contributed by atoms with van der Waals surface area (Å²) >= 11 is 0. The van der Waals surface area contributed by atoms with Gasteiger partial charge in [0, 0.05) is 23.5 Å². The second-order valence-corrected chi connectivity index (χ2v) is 6.60. The third kappa shape index (κ3) is 3.75. The highest BCUT2D eigenvalue weighted by Crippen LogP contribution is 2.35. The van der Waals surface area contributed by atoms with Gasteiger partial charge in [0.2, 0.25) is 0 Å². The SMILES string of the molecule is C[C@@H]1CCC(=O)[C@@H]([C@H](O)c2ccccc2C#Cc2ccccc2)C1. The topological polar surface area (TPSA) is 37.3 Å². The lowest BCUT2D eigenvalue weighted by Gasteiger charge is -2.29. The molecule has 0 aliphatic heterocycles. The molecule has 24 heavy (non-hydrogen) atoms. The Bertz CT molecular complexity index is 767. The van der Waals surface area contributed by atoms with Gasteiger partial charge in [0.05, 0.1) is 6.10 Å². The summed E-state index contributed by atoms with van der Waals surface area (Å²) in [4.78, 5) is 12.2. The summed E-state index contributed by atoms with van der Waals surface area (Å²) in [6, 6.07) is 17.4. The maximum Gasteiger partial charge on any atom is 0.138 e. The van der Waals surface area contributed by atoms with E-state index in [0.29, 0.717) is 12.3 Å². The van der Waals surface area contributed by atoms with Crippen LogP contribution in [0.1, 0.15) is 49.0 Å². The van der Waals surface area contributed by atoms with Crippen molar-refractivity contribution < 1.29 is 9.90 Å². The lowest BCUT2D eigenvalue weighted by atomic mass is 9.76. The standard InChI is InChI=1S/C22H22O2/c1-16-11-14-21(23)20(15-16)22(24)19-10-6-5-9-18(19)13-12-17-7-3-2-4-8-17/h2-10,16,20,22,24H,11,14-15H2,1H3/t16-,20+,22-/m1/s1. The molecular formula is C22H22O2. The number of aliphatic hydroxyl groups excluding tert-OH is 1. The first-order valence-electron chi connectivity index (χ1n) is 8.52. The Morgan fingerprint density at radius 3 is 2.54 bits per heavy atom. The van der Waals surface area contributed by atoms with Crippen molar-refractivity contribution in [1.82, 2.24) is 0 Å². The van der Waals surface area contributed by atoms with Gasteiger partial charge in [-0.05, 0) is 42.5 Å². The minimum atomic E-state index is -0.776. The molecule has 3 atom stereocenters. The van der Waals surface area contributed by atoms with Crippen LogP contribution in [0.15, 0.2) is 54.6 Å². The summed E-state index contributed by atoms with van der Waals surface area (Å²) in [6.07, 6.45) is 1.47. The molecule has 0 spiro atoms. The van der Waals surface area contributed by atoms with E-state index in [9.17, 15) is 9.90 Å². The number of benzene rings is 2. The lowest BCUT2D eigenvalue weighted by Crippen LogP contribution is -2.29. The van der Waals surface area contributed by atoms with Gasteiger partial charge >= 0.3 is 0 Å². The molecule has 2 heteroatoms. The highest BCUT2D eigenvalue weighted by molar-refractivity contribution is 5.82. The van der Waals surface area contributed by atoms with Crippen LogP contribution in [0, 0.1) is 23.7 Å². The minimum absolute atomic E-state index is 0.173. The average molecular weight is 318 g/mol. The zero-order valence-electron chi connectivity index (χ0n) is 13.9. The molecule has 0 bridgehead atoms. The Labute approximate surface area is 143 Å². The van der Waals surface area contributed by atoms with Crippen molar-refractivity contribution in [3.8, 4) is 11.8 Å². The predicted octanol–water partition coefficient (Wildman–Crippen LogP) is 4.13. The molecule has 0 saturated heterocycles. The number of Topliss-reactive ketones (excluding diaryl/α,β-unsaturated/α-hetero) is 1. The molecule has 1 aliphatic rings. The molecule has 1 N–H and O–H groups in total. The Kier molecular flexibility index (Phi) is 5.13. The van der Waals surface area contributed by atoms with Crippen LogP contribution in [0.4, 0.5) is 0 Å². The van der Waals surface area contributed by atoms with Crippen molar-refractivity contribution in [2.75, 3.05) is 0 Å². The van der Waals surface area contributed by atoms with Gasteiger partial charge in [-0.2, -0.15) is 0 Å². The van der Waals surface area contributed by atoms with Crippen LogP contribution in [0.2, 0.25) is 0 Å². The van der Waals surface area contributed by atoms with E-state index in [1.807, 2.05) is 54.6 Å². The third-order valence-corrected chi connectivity index (χ3v) is 4.73. The molecule has 2 aromatic rings. The molecule has 0 radical (unpaired) electrons. The van der Waals surface area contributed by atoms with E-state index in [4.69, 9.17) is 0 Å². The van der Waals surface area contributed by atoms with Crippen LogP contribution < -0.4 is 0 Å². The van der Waals surface area contributed by atoms with Crippen LogP contribution in [-0.4, -0.2) is 10.9 Å². The molecular weight excluding hydrogens is 296 g/mol. The molecule has 122 valence electrons. The first-order valence-corrected chi connectivity index (χ1v) is 8.52. The molecule has 0 unspecified atom stereocenters. The van der Waals surface area contributed by atoms with Gasteiger partial charge in [-0.15, -0.1) is 0 Å². The normalized spacial score (nSPS) is 21.7. The number of hydrogen-bond donors (Lipinski definition) is 1. The molecule has 2 nitrogen and oxygen atoms in total. The van der Waals surface area contributed by atoms with Crippen LogP contribution in [0.3, 0.4) is 0 Å². The summed E-state index contributed by atoms with van der Waals surface area (Å²) < 4.78 is 0. The highest BCUT2D eigenvalue weighted by atomic mass is 16.3. The maximum absolute atomic E-state index is 12.2. The molecule has 1 aliphatic carbocycles. The van der Waals surface area contributed by atoms with Crippen LogP contribution in [-0.2, 0) is 4.79 Å². The Balaban J connectivity index is 1.89. The fourth-order valence-corrected chi connectivity index (χ4v) is 3.31. The first-order chi connectivity index (χ1) is 11.6. The summed E-state index contributed by atoms with van der Waals surface area (Å²) in [5, 5.41) is 10.8. The van der Waals surface area contributed by atoms with Crippen LogP contribution >= 0.6 is 0 Å². The Morgan fingerprint density at radius 2 is 1.75 bits per heavy atom. The largest absolute Gasteiger partial charge is 0.388 e. The third-order valence-electron chi connectivity index (χ3n) is 4.73. The molecule has 3 rings (SSSR count). The van der Waals surface area contributed by atoms with Crippen molar-refractivity contribution in [3.05, 3.63) is 71.3 Å². The average Bonchev–Trinajstić information content (AvgIpc) is 2.62. The number of aliphatic hydroxyl groups is 1. The second-order valence-electron chi connectivity index (χ2n) is 6.60. The van der Waals surface area contributed by atoms with Crippen LogP contribution in [0.5, 0.6) is 0 Å². The first kappa shape index (κ1) is 16.5. The number of rotatable bonds is 2. The van der Waals surface area contributed by atoms with Crippen molar-refractivity contribution in [3.63, 3.8) is 0 Å². The Morgan fingerprint density at radius 1 is 1.04 bits per heavy atom. The van der Waals surface area contributed by atoms with Gasteiger partial charge in [0.1, 0.15) is 5.78 Å². The van der Waals surface area contributed by atoms with E-state index in [-0.39, 0.29) is 11.7 Å². The summed E-state index contributed by atoms with van der Waals surface area (Å²) in [6.45, 7) is 2.15. The second kappa shape index (κ2) is 7.47. The fraction of sp³-hybridized carbons (Fsp3) is 0.318. The van der Waals surface area contributed by atoms with Crippen molar-refractivity contribution in [2.45, 2.75) is 32.3 Å². The zero-order chi connectivity index (χ0) is 16.9. The van der Waals surface area contributed by atoms with E-state index in [1.165, 1.54) is 0 Å². The van der Waals surface area contributed by atoms with Crippen molar-refractivity contribution in [2.24, 2.45) is 11.8 Å². The monoisotopic (exact) mass is 318 g/mol. The van der Waals surface area contributed by atoms with Gasteiger partial charge in [-0.3, -0.25) is 4.79 Å². The van der Waals surface area contributed by atoms with E-state index >= 15 is 0 Å². The van der Waals surface area contributed by atoms with E-state index < -0.39 is 6.10 Å². The molecule has 2 aromatic carbocycles. The minimum Gasteiger partial charge on any atom is -0.388 e. The van der Waals surface area contributed by atoms with Gasteiger partial charge in [-0.25, -0.2) is 0 Å². The molecule has 0 amide bonds. The van der Waals surface area contributed by atoms with Gasteiger partial charge in [0.25, 0.3) is 0 Å².